The second kappa shape index (κ2) is 10.5. The van der Waals surface area contributed by atoms with Crippen molar-refractivity contribution >= 4 is 29.2 Å². The first-order valence-corrected chi connectivity index (χ1v) is 11.7. The van der Waals surface area contributed by atoms with Gasteiger partial charge >= 0.3 is 6.03 Å². The number of para-hydroxylation sites is 2. The summed E-state index contributed by atoms with van der Waals surface area (Å²) in [6.45, 7) is 2.06. The van der Waals surface area contributed by atoms with Crippen LogP contribution < -0.4 is 10.6 Å². The number of likely N-dealkylation sites (tertiary alicyclic amines) is 1. The van der Waals surface area contributed by atoms with Gasteiger partial charge in [0.15, 0.2) is 0 Å². The van der Waals surface area contributed by atoms with Crippen LogP contribution in [0.25, 0.3) is 0 Å². The van der Waals surface area contributed by atoms with Crippen molar-refractivity contribution in [1.29, 1.82) is 0 Å². The summed E-state index contributed by atoms with van der Waals surface area (Å²) < 4.78 is 0. The lowest BCUT2D eigenvalue weighted by Crippen LogP contribution is -2.43. The van der Waals surface area contributed by atoms with E-state index in [1.165, 1.54) is 0 Å². The van der Waals surface area contributed by atoms with Crippen molar-refractivity contribution in [3.63, 3.8) is 0 Å². The van der Waals surface area contributed by atoms with E-state index in [0.29, 0.717) is 44.8 Å². The molecule has 33 heavy (non-hydrogen) atoms. The average Bonchev–Trinajstić information content (AvgIpc) is 2.83. The highest BCUT2D eigenvalue weighted by molar-refractivity contribution is 5.96. The Morgan fingerprint density at radius 1 is 1.06 bits per heavy atom. The van der Waals surface area contributed by atoms with E-state index >= 15 is 0 Å². The van der Waals surface area contributed by atoms with Gasteiger partial charge in [-0.05, 0) is 55.4 Å². The number of amides is 4. The summed E-state index contributed by atoms with van der Waals surface area (Å²) in [6.07, 6.45) is 3.36. The molecule has 0 aliphatic carbocycles. The number of carbonyl (C=O) groups excluding carboxylic acids is 3. The molecule has 2 aromatic carbocycles. The number of nitrogens with zero attached hydrogens (tertiary/aromatic N) is 2. The number of rotatable bonds is 6. The molecule has 7 heteroatoms. The Hall–Kier alpha value is -3.35. The molecule has 2 aromatic rings. The van der Waals surface area contributed by atoms with Crippen LogP contribution in [0.4, 0.5) is 16.2 Å². The Kier molecular flexibility index (Phi) is 7.27. The first-order chi connectivity index (χ1) is 16.0. The predicted molar refractivity (Wildman–Crippen MR) is 129 cm³/mol. The quantitative estimate of drug-likeness (QED) is 0.701. The smallest absolute Gasteiger partial charge is 0.321 e. The van der Waals surface area contributed by atoms with Gasteiger partial charge < -0.3 is 20.4 Å². The molecule has 0 radical (unpaired) electrons. The zero-order valence-electron chi connectivity index (χ0n) is 19.1. The van der Waals surface area contributed by atoms with Crippen molar-refractivity contribution in [2.24, 2.45) is 11.8 Å². The van der Waals surface area contributed by atoms with E-state index in [1.807, 2.05) is 66.5 Å². The number of benzene rings is 2. The minimum absolute atomic E-state index is 0.00491. The number of urea groups is 1. The minimum atomic E-state index is -0.163. The van der Waals surface area contributed by atoms with Gasteiger partial charge in [0.2, 0.25) is 11.8 Å². The highest BCUT2D eigenvalue weighted by atomic mass is 16.2. The lowest BCUT2D eigenvalue weighted by molar-refractivity contribution is -0.131. The molecule has 0 saturated carbocycles. The van der Waals surface area contributed by atoms with Crippen molar-refractivity contribution in [2.45, 2.75) is 32.1 Å². The fraction of sp³-hybridized carbons (Fsp3) is 0.423. The van der Waals surface area contributed by atoms with Gasteiger partial charge in [0, 0.05) is 50.4 Å². The first-order valence-electron chi connectivity index (χ1n) is 11.7. The van der Waals surface area contributed by atoms with Crippen LogP contribution in [0.15, 0.2) is 54.6 Å². The Morgan fingerprint density at radius 2 is 1.76 bits per heavy atom. The van der Waals surface area contributed by atoms with Crippen LogP contribution in [0.2, 0.25) is 0 Å². The molecule has 0 unspecified atom stereocenters. The van der Waals surface area contributed by atoms with Crippen molar-refractivity contribution in [2.75, 3.05) is 37.3 Å². The van der Waals surface area contributed by atoms with Crippen molar-refractivity contribution in [3.8, 4) is 0 Å². The van der Waals surface area contributed by atoms with Crippen LogP contribution >= 0.6 is 0 Å². The fourth-order valence-corrected chi connectivity index (χ4v) is 4.67. The van der Waals surface area contributed by atoms with E-state index in [0.717, 1.165) is 29.8 Å². The number of carbonyl (C=O) groups is 3. The highest BCUT2D eigenvalue weighted by Crippen LogP contribution is 2.28. The molecule has 0 bridgehead atoms. The Bertz CT molecular complexity index is 986. The Morgan fingerprint density at radius 3 is 2.52 bits per heavy atom. The van der Waals surface area contributed by atoms with Gasteiger partial charge in [0.05, 0.1) is 0 Å². The molecule has 0 aromatic heterocycles. The molecule has 4 amide bonds. The van der Waals surface area contributed by atoms with Gasteiger partial charge in [-0.3, -0.25) is 9.59 Å². The minimum Gasteiger partial charge on any atom is -0.345 e. The molecule has 2 N–H and O–H groups in total. The molecule has 4 rings (SSSR count). The second-order valence-electron chi connectivity index (χ2n) is 9.09. The second-order valence-corrected chi connectivity index (χ2v) is 9.09. The first kappa shape index (κ1) is 22.8. The van der Waals surface area contributed by atoms with Crippen molar-refractivity contribution in [1.82, 2.24) is 9.80 Å². The SMILES string of the molecule is CN(CC1CCN(C(=O)Nc2ccccc2)CC1)C(=O)CC[C@H]1Cc2ccccc2NC1=O. The number of hydrogen-bond acceptors (Lipinski definition) is 3. The summed E-state index contributed by atoms with van der Waals surface area (Å²) in [5.41, 5.74) is 2.81. The topological polar surface area (TPSA) is 81.8 Å². The monoisotopic (exact) mass is 448 g/mol. The van der Waals surface area contributed by atoms with Gasteiger partial charge in [-0.15, -0.1) is 0 Å². The summed E-state index contributed by atoms with van der Waals surface area (Å²) in [6, 6.07) is 17.2. The molecule has 0 spiro atoms. The lowest BCUT2D eigenvalue weighted by atomic mass is 9.89. The normalized spacial score (nSPS) is 18.3. The summed E-state index contributed by atoms with van der Waals surface area (Å²) in [7, 11) is 1.84. The molecule has 1 atom stereocenters. The maximum Gasteiger partial charge on any atom is 0.321 e. The van der Waals surface area contributed by atoms with E-state index in [9.17, 15) is 14.4 Å². The maximum atomic E-state index is 12.7. The zero-order valence-corrected chi connectivity index (χ0v) is 19.1. The highest BCUT2D eigenvalue weighted by Gasteiger charge is 2.28. The van der Waals surface area contributed by atoms with Gasteiger partial charge in [-0.2, -0.15) is 0 Å². The molecule has 7 nitrogen and oxygen atoms in total. The number of nitrogens with one attached hydrogen (secondary N) is 2. The van der Waals surface area contributed by atoms with Crippen LogP contribution in [0.1, 0.15) is 31.2 Å². The molecule has 2 aliphatic rings. The van der Waals surface area contributed by atoms with E-state index in [1.54, 1.807) is 4.90 Å². The zero-order chi connectivity index (χ0) is 23.2. The van der Waals surface area contributed by atoms with Crippen molar-refractivity contribution in [3.05, 3.63) is 60.2 Å². The number of anilines is 2. The number of fused-ring (bicyclic) bond motifs is 1. The van der Waals surface area contributed by atoms with Crippen LogP contribution in [-0.4, -0.2) is 54.3 Å². The summed E-state index contributed by atoms with van der Waals surface area (Å²) in [5.74, 6) is 0.296. The van der Waals surface area contributed by atoms with E-state index in [4.69, 9.17) is 0 Å². The van der Waals surface area contributed by atoms with Gasteiger partial charge in [0.25, 0.3) is 0 Å². The summed E-state index contributed by atoms with van der Waals surface area (Å²) >= 11 is 0. The fourth-order valence-electron chi connectivity index (χ4n) is 4.67. The largest absolute Gasteiger partial charge is 0.345 e. The van der Waals surface area contributed by atoms with Crippen molar-refractivity contribution < 1.29 is 14.4 Å². The average molecular weight is 449 g/mol. The van der Waals surface area contributed by atoms with Crippen LogP contribution in [0.3, 0.4) is 0 Å². The lowest BCUT2D eigenvalue weighted by Gasteiger charge is -2.34. The number of piperidine rings is 1. The summed E-state index contributed by atoms with van der Waals surface area (Å²) in [5, 5.41) is 5.89. The molecule has 1 fully saturated rings. The predicted octanol–water partition coefficient (Wildman–Crippen LogP) is 3.98. The molecule has 2 aliphatic heterocycles. The Balaban J connectivity index is 1.18. The number of hydrogen-bond donors (Lipinski definition) is 2. The third-order valence-electron chi connectivity index (χ3n) is 6.70. The Labute approximate surface area is 195 Å². The molecule has 1 saturated heterocycles. The molecular weight excluding hydrogens is 416 g/mol. The van der Waals surface area contributed by atoms with Gasteiger partial charge in [-0.25, -0.2) is 4.79 Å². The van der Waals surface area contributed by atoms with Gasteiger partial charge in [-0.1, -0.05) is 36.4 Å². The maximum absolute atomic E-state index is 12.7. The molecular formula is C26H32N4O3. The summed E-state index contributed by atoms with van der Waals surface area (Å²) in [4.78, 5) is 41.2. The molecule has 2 heterocycles. The van der Waals surface area contributed by atoms with E-state index in [-0.39, 0.29) is 23.8 Å². The van der Waals surface area contributed by atoms with E-state index in [2.05, 4.69) is 10.6 Å². The van der Waals surface area contributed by atoms with Gasteiger partial charge in [0.1, 0.15) is 0 Å². The molecule has 174 valence electrons. The standard InChI is InChI=1S/C26H32N4O3/c1-29(24(31)12-11-21-17-20-7-5-6-10-23(20)28-25(21)32)18-19-13-15-30(16-14-19)26(33)27-22-8-3-2-4-9-22/h2-10,19,21H,11-18H2,1H3,(H,27,33)(H,28,32)/t21-/m0/s1. The third kappa shape index (κ3) is 5.92. The third-order valence-corrected chi connectivity index (χ3v) is 6.70. The van der Waals surface area contributed by atoms with Crippen LogP contribution in [0, 0.1) is 11.8 Å². The van der Waals surface area contributed by atoms with Crippen LogP contribution in [-0.2, 0) is 16.0 Å². The van der Waals surface area contributed by atoms with Crippen LogP contribution in [0.5, 0.6) is 0 Å². The van der Waals surface area contributed by atoms with E-state index < -0.39 is 0 Å².